The number of carbonyl (C=O) groups is 1. The molecular formula is C19H26BrN3O2. The van der Waals surface area contributed by atoms with E-state index in [2.05, 4.69) is 47.0 Å². The van der Waals surface area contributed by atoms with Gasteiger partial charge < -0.3 is 15.0 Å². The van der Waals surface area contributed by atoms with Crippen molar-refractivity contribution in [3.8, 4) is 0 Å². The highest BCUT2D eigenvalue weighted by atomic mass is 79.9. The molecular weight excluding hydrogens is 382 g/mol. The van der Waals surface area contributed by atoms with Crippen LogP contribution in [-0.4, -0.2) is 20.8 Å². The summed E-state index contributed by atoms with van der Waals surface area (Å²) >= 11 is 3.42. The SMILES string of the molecule is CCC(C)(C)Cc1cnc(C(Cc2ccc(Br)cc2)NC(=O)O)n1C. The van der Waals surface area contributed by atoms with E-state index >= 15 is 0 Å². The van der Waals surface area contributed by atoms with Gasteiger partial charge >= 0.3 is 6.09 Å². The standard InChI is InChI=1S/C19H26BrN3O2/c1-5-19(2,3)11-15-12-21-17(23(15)4)16(22-18(24)25)10-13-6-8-14(20)9-7-13/h6-9,12,16,22H,5,10-11H2,1-4H3,(H,24,25). The van der Waals surface area contributed by atoms with E-state index in [0.29, 0.717) is 6.42 Å². The molecule has 136 valence electrons. The number of nitrogens with zero attached hydrogens (tertiary/aromatic N) is 2. The summed E-state index contributed by atoms with van der Waals surface area (Å²) in [7, 11) is 1.96. The molecule has 0 aliphatic heterocycles. The number of hydrogen-bond donors (Lipinski definition) is 2. The molecule has 0 saturated heterocycles. The Bertz CT molecular complexity index is 723. The summed E-state index contributed by atoms with van der Waals surface area (Å²) in [4.78, 5) is 15.8. The van der Waals surface area contributed by atoms with Gasteiger partial charge in [-0.05, 0) is 29.5 Å². The van der Waals surface area contributed by atoms with Crippen LogP contribution in [0.15, 0.2) is 34.9 Å². The minimum atomic E-state index is -1.04. The molecule has 2 rings (SSSR count). The van der Waals surface area contributed by atoms with Crippen LogP contribution in [0.1, 0.15) is 50.3 Å². The second-order valence-electron chi connectivity index (χ2n) is 7.19. The van der Waals surface area contributed by atoms with E-state index in [1.54, 1.807) is 0 Å². The maximum Gasteiger partial charge on any atom is 0.405 e. The van der Waals surface area contributed by atoms with Crippen LogP contribution in [0.2, 0.25) is 0 Å². The Labute approximate surface area is 157 Å². The summed E-state index contributed by atoms with van der Waals surface area (Å²) in [5, 5.41) is 11.8. The maximum atomic E-state index is 11.3. The van der Waals surface area contributed by atoms with Crippen LogP contribution in [0.3, 0.4) is 0 Å². The fourth-order valence-electron chi connectivity index (χ4n) is 2.78. The molecule has 1 atom stereocenters. The second kappa shape index (κ2) is 8.04. The zero-order valence-corrected chi connectivity index (χ0v) is 16.8. The maximum absolute atomic E-state index is 11.3. The Morgan fingerprint density at radius 1 is 1.36 bits per heavy atom. The number of aromatic nitrogens is 2. The lowest BCUT2D eigenvalue weighted by atomic mass is 9.85. The predicted octanol–water partition coefficient (Wildman–Crippen LogP) is 4.71. The molecule has 0 radical (unpaired) electrons. The van der Waals surface area contributed by atoms with Gasteiger partial charge in [-0.15, -0.1) is 0 Å². The van der Waals surface area contributed by atoms with Crippen molar-refractivity contribution in [3.05, 3.63) is 52.0 Å². The Kier molecular flexibility index (Phi) is 6.27. The third-order valence-corrected chi connectivity index (χ3v) is 5.23. The van der Waals surface area contributed by atoms with E-state index in [4.69, 9.17) is 0 Å². The van der Waals surface area contributed by atoms with Crippen molar-refractivity contribution in [2.45, 2.75) is 46.1 Å². The fourth-order valence-corrected chi connectivity index (χ4v) is 3.04. The Morgan fingerprint density at radius 2 is 2.00 bits per heavy atom. The van der Waals surface area contributed by atoms with E-state index < -0.39 is 6.09 Å². The van der Waals surface area contributed by atoms with Crippen LogP contribution in [-0.2, 0) is 19.9 Å². The Balaban J connectivity index is 2.27. The van der Waals surface area contributed by atoms with Crippen LogP contribution in [0.25, 0.3) is 0 Å². The molecule has 1 heterocycles. The second-order valence-corrected chi connectivity index (χ2v) is 8.11. The number of carboxylic acid groups (broad SMARTS) is 1. The van der Waals surface area contributed by atoms with Gasteiger partial charge in [0.15, 0.2) is 0 Å². The topological polar surface area (TPSA) is 67.2 Å². The minimum absolute atomic E-state index is 0.187. The van der Waals surface area contributed by atoms with Gasteiger partial charge in [0.1, 0.15) is 5.82 Å². The summed E-state index contributed by atoms with van der Waals surface area (Å²) in [5.41, 5.74) is 2.36. The number of imidazole rings is 1. The predicted molar refractivity (Wildman–Crippen MR) is 103 cm³/mol. The monoisotopic (exact) mass is 407 g/mol. The van der Waals surface area contributed by atoms with Crippen molar-refractivity contribution in [1.82, 2.24) is 14.9 Å². The van der Waals surface area contributed by atoms with Crippen molar-refractivity contribution < 1.29 is 9.90 Å². The lowest BCUT2D eigenvalue weighted by molar-refractivity contribution is 0.189. The van der Waals surface area contributed by atoms with Gasteiger partial charge in [-0.25, -0.2) is 9.78 Å². The van der Waals surface area contributed by atoms with Gasteiger partial charge in [-0.2, -0.15) is 0 Å². The average molecular weight is 408 g/mol. The Hall–Kier alpha value is -1.82. The van der Waals surface area contributed by atoms with Crippen molar-refractivity contribution in [1.29, 1.82) is 0 Å². The molecule has 0 fully saturated rings. The summed E-state index contributed by atoms with van der Waals surface area (Å²) in [5.74, 6) is 0.743. The highest BCUT2D eigenvalue weighted by Gasteiger charge is 2.23. The number of benzene rings is 1. The van der Waals surface area contributed by atoms with Gasteiger partial charge in [0.05, 0.1) is 6.04 Å². The molecule has 1 aromatic carbocycles. The van der Waals surface area contributed by atoms with Gasteiger partial charge in [0.25, 0.3) is 0 Å². The number of nitrogens with one attached hydrogen (secondary N) is 1. The highest BCUT2D eigenvalue weighted by Crippen LogP contribution is 2.27. The molecule has 0 aliphatic rings. The van der Waals surface area contributed by atoms with Crippen molar-refractivity contribution in [2.24, 2.45) is 12.5 Å². The summed E-state index contributed by atoms with van der Waals surface area (Å²) in [6.07, 6.45) is 3.36. The first-order valence-electron chi connectivity index (χ1n) is 8.46. The van der Waals surface area contributed by atoms with E-state index in [0.717, 1.165) is 34.4 Å². The molecule has 6 heteroatoms. The molecule has 0 bridgehead atoms. The first-order valence-corrected chi connectivity index (χ1v) is 9.25. The number of halogens is 1. The van der Waals surface area contributed by atoms with Crippen LogP contribution in [0, 0.1) is 5.41 Å². The molecule has 0 aliphatic carbocycles. The first kappa shape index (κ1) is 19.5. The third kappa shape index (κ3) is 5.33. The normalized spacial score (nSPS) is 12.8. The zero-order chi connectivity index (χ0) is 18.6. The van der Waals surface area contributed by atoms with Crippen molar-refractivity contribution in [3.63, 3.8) is 0 Å². The van der Waals surface area contributed by atoms with Crippen LogP contribution < -0.4 is 5.32 Å². The van der Waals surface area contributed by atoms with E-state index in [9.17, 15) is 9.90 Å². The summed E-state index contributed by atoms with van der Waals surface area (Å²) < 4.78 is 3.02. The molecule has 2 aromatic rings. The first-order chi connectivity index (χ1) is 11.7. The quantitative estimate of drug-likeness (QED) is 0.697. The molecule has 25 heavy (non-hydrogen) atoms. The minimum Gasteiger partial charge on any atom is -0.465 e. The molecule has 2 N–H and O–H groups in total. The largest absolute Gasteiger partial charge is 0.465 e. The lowest BCUT2D eigenvalue weighted by Crippen LogP contribution is -2.30. The summed E-state index contributed by atoms with van der Waals surface area (Å²) in [6, 6.07) is 7.51. The van der Waals surface area contributed by atoms with E-state index in [1.807, 2.05) is 42.1 Å². The average Bonchev–Trinajstić information content (AvgIpc) is 2.89. The van der Waals surface area contributed by atoms with Crippen LogP contribution in [0.4, 0.5) is 4.79 Å². The number of rotatable bonds is 7. The Morgan fingerprint density at radius 3 is 2.56 bits per heavy atom. The van der Waals surface area contributed by atoms with Gasteiger partial charge in [-0.3, -0.25) is 0 Å². The molecule has 1 unspecified atom stereocenters. The summed E-state index contributed by atoms with van der Waals surface area (Å²) in [6.45, 7) is 6.64. The number of amides is 1. The molecule has 1 amide bonds. The van der Waals surface area contributed by atoms with Crippen molar-refractivity contribution >= 4 is 22.0 Å². The zero-order valence-electron chi connectivity index (χ0n) is 15.2. The molecule has 0 spiro atoms. The molecule has 5 nitrogen and oxygen atoms in total. The van der Waals surface area contributed by atoms with Gasteiger partial charge in [-0.1, -0.05) is 55.3 Å². The van der Waals surface area contributed by atoms with Gasteiger partial charge in [0.2, 0.25) is 0 Å². The van der Waals surface area contributed by atoms with Crippen molar-refractivity contribution in [2.75, 3.05) is 0 Å². The number of hydrogen-bond acceptors (Lipinski definition) is 2. The lowest BCUT2D eigenvalue weighted by Gasteiger charge is -2.23. The van der Waals surface area contributed by atoms with Gasteiger partial charge in [0, 0.05) is 29.8 Å². The van der Waals surface area contributed by atoms with Crippen LogP contribution >= 0.6 is 15.9 Å². The molecule has 0 saturated carbocycles. The highest BCUT2D eigenvalue weighted by molar-refractivity contribution is 9.10. The fraction of sp³-hybridized carbons (Fsp3) is 0.474. The van der Waals surface area contributed by atoms with E-state index in [-0.39, 0.29) is 11.5 Å². The molecule has 1 aromatic heterocycles. The smallest absolute Gasteiger partial charge is 0.405 e. The van der Waals surface area contributed by atoms with Crippen LogP contribution in [0.5, 0.6) is 0 Å². The van der Waals surface area contributed by atoms with E-state index in [1.165, 1.54) is 0 Å². The third-order valence-electron chi connectivity index (χ3n) is 4.70.